The van der Waals surface area contributed by atoms with Gasteiger partial charge in [-0.3, -0.25) is 0 Å². The summed E-state index contributed by atoms with van der Waals surface area (Å²) in [6, 6.07) is 93.2. The zero-order chi connectivity index (χ0) is 66.3. The predicted molar refractivity (Wildman–Crippen MR) is 416 cm³/mol. The van der Waals surface area contributed by atoms with Gasteiger partial charge in [-0.15, -0.1) is 44.3 Å². The van der Waals surface area contributed by atoms with Gasteiger partial charge in [-0.1, -0.05) is 353 Å². The fraction of sp³-hybridized carbons (Fsp3) is 0.385. The normalized spacial score (nSPS) is 14.9. The topological polar surface area (TPSA) is 15.7 Å². The Morgan fingerprint density at radius 1 is 0.275 bits per heavy atom. The second kappa shape index (κ2) is 29.6. The van der Waals surface area contributed by atoms with Crippen LogP contribution >= 0.6 is 44.3 Å². The van der Waals surface area contributed by atoms with Crippen LogP contribution in [0.25, 0.3) is 0 Å². The average Bonchev–Trinajstić information content (AvgIpc) is 0.693. The highest BCUT2D eigenvalue weighted by Gasteiger charge is 2.68. The van der Waals surface area contributed by atoms with Crippen LogP contribution in [0.1, 0.15) is 136 Å². The molecule has 0 saturated carbocycles. The van der Waals surface area contributed by atoms with Gasteiger partial charge in [0.2, 0.25) is 0 Å². The summed E-state index contributed by atoms with van der Waals surface area (Å²) in [7, 11) is -13.0. The molecule has 484 valence electrons. The van der Waals surface area contributed by atoms with Crippen molar-refractivity contribution in [3.63, 3.8) is 0 Å². The van der Waals surface area contributed by atoms with E-state index in [0.717, 1.165) is 12.8 Å². The molecule has 4 unspecified atom stereocenters. The molecular weight excluding hydrogens is 1290 g/mol. The summed E-state index contributed by atoms with van der Waals surface area (Å²) in [5, 5.41) is 9.96. The average molecular weight is 1400 g/mol. The third-order valence-corrected chi connectivity index (χ3v) is 56.2. The van der Waals surface area contributed by atoms with Gasteiger partial charge in [0.05, 0.1) is 11.5 Å². The van der Waals surface area contributed by atoms with Crippen molar-refractivity contribution in [1.82, 2.24) is 8.46 Å². The van der Waals surface area contributed by atoms with Crippen LogP contribution in [0.15, 0.2) is 243 Å². The van der Waals surface area contributed by atoms with Crippen molar-refractivity contribution < 1.29 is 4.74 Å². The molecule has 0 saturated heterocycles. The minimum atomic E-state index is -3.54. The van der Waals surface area contributed by atoms with Gasteiger partial charge in [-0.25, -0.2) is 0 Å². The summed E-state index contributed by atoms with van der Waals surface area (Å²) < 4.78 is 14.2. The van der Waals surface area contributed by atoms with Crippen molar-refractivity contribution in [1.29, 1.82) is 0 Å². The third-order valence-electron chi connectivity index (χ3n) is 20.0. The van der Waals surface area contributed by atoms with E-state index in [9.17, 15) is 0 Å². The number of benzene rings is 8. The minimum absolute atomic E-state index is 0.0815. The Morgan fingerprint density at radius 2 is 0.429 bits per heavy atom. The van der Waals surface area contributed by atoms with E-state index in [0.29, 0.717) is 24.9 Å². The van der Waals surface area contributed by atoms with Crippen LogP contribution in [-0.2, 0) is 4.74 Å². The lowest BCUT2D eigenvalue weighted by atomic mass is 10.2. The van der Waals surface area contributed by atoms with Crippen LogP contribution in [0.3, 0.4) is 0 Å². The molecule has 91 heavy (non-hydrogen) atoms. The van der Waals surface area contributed by atoms with Gasteiger partial charge in [0.1, 0.15) is 0 Å². The molecule has 4 atom stereocenters. The second-order valence-electron chi connectivity index (χ2n) is 29.5. The van der Waals surface area contributed by atoms with E-state index in [1.165, 1.54) is 41.5 Å². The van der Waals surface area contributed by atoms with E-state index in [2.05, 4.69) is 362 Å². The molecular formula is C78H104Cl4N2OSi6. The van der Waals surface area contributed by atoms with Crippen LogP contribution in [0.4, 0.5) is 0 Å². The van der Waals surface area contributed by atoms with Gasteiger partial charge >= 0.3 is 0 Å². The van der Waals surface area contributed by atoms with Crippen molar-refractivity contribution in [2.45, 2.75) is 192 Å². The maximum Gasteiger partial charge on any atom is 0.280 e. The molecule has 8 rings (SSSR count). The second-order valence-corrected chi connectivity index (χ2v) is 63.0. The molecule has 0 radical (unpaired) electrons. The lowest BCUT2D eigenvalue weighted by Crippen LogP contribution is -2.89. The molecule has 3 nitrogen and oxygen atoms in total. The number of rotatable bonds is 26. The SMILES string of the molecule is CCC(C[Si](Cl)(Cl)C(CC)OC(CC)[Si](Cl)(Cl)CC(CC)N([Si](c1ccccc1)(c1ccccc1)C(C)(C)C)[Si](c1ccccc1)(c1ccccc1)C(C)(C)C)N([Si](c1ccccc1)(c1ccccc1)C(C)(C)C)[Si](c1ccccc1)(c1ccccc1)C(C)(C)C. The smallest absolute Gasteiger partial charge is 0.280 e. The van der Waals surface area contributed by atoms with Crippen LogP contribution in [-0.4, -0.2) is 78.3 Å². The Bertz CT molecular complexity index is 2900. The molecule has 0 N–H and O–H groups in total. The van der Waals surface area contributed by atoms with Crippen LogP contribution in [0.2, 0.25) is 32.2 Å². The Hall–Kier alpha value is -3.90. The first kappa shape index (κ1) is 72.9. The highest BCUT2D eigenvalue weighted by atomic mass is 35.7. The molecule has 0 fully saturated rings. The first-order valence-corrected chi connectivity index (χ1v) is 49.9. The predicted octanol–water partition coefficient (Wildman–Crippen LogP) is 17.9. The Labute approximate surface area is 575 Å². The minimum Gasteiger partial charge on any atom is -0.376 e. The van der Waals surface area contributed by atoms with Gasteiger partial charge in [0.15, 0.2) is 32.9 Å². The molecule has 0 aliphatic carbocycles. The van der Waals surface area contributed by atoms with E-state index in [1.54, 1.807) is 0 Å². The van der Waals surface area contributed by atoms with E-state index >= 15 is 0 Å². The highest BCUT2D eigenvalue weighted by Crippen LogP contribution is 2.53. The molecule has 8 aromatic carbocycles. The summed E-state index contributed by atoms with van der Waals surface area (Å²) in [5.74, 6) is 0. The monoisotopic (exact) mass is 1390 g/mol. The maximum atomic E-state index is 8.57. The van der Waals surface area contributed by atoms with Crippen molar-refractivity contribution >= 4 is 132 Å². The lowest BCUT2D eigenvalue weighted by molar-refractivity contribution is 0.0672. The van der Waals surface area contributed by atoms with Crippen molar-refractivity contribution in [3.05, 3.63) is 243 Å². The number of ether oxygens (including phenoxy) is 1. The van der Waals surface area contributed by atoms with Gasteiger partial charge in [0.25, 0.3) is 13.4 Å². The Balaban J connectivity index is 1.35. The molecule has 0 aliphatic heterocycles. The van der Waals surface area contributed by atoms with Crippen molar-refractivity contribution in [3.8, 4) is 0 Å². The molecule has 13 heteroatoms. The zero-order valence-electron chi connectivity index (χ0n) is 57.5. The largest absolute Gasteiger partial charge is 0.376 e. The zero-order valence-corrected chi connectivity index (χ0v) is 66.5. The van der Waals surface area contributed by atoms with Gasteiger partial charge in [-0.2, -0.15) is 0 Å². The number of hydrogen-bond donors (Lipinski definition) is 0. The molecule has 0 aromatic heterocycles. The first-order valence-electron chi connectivity index (χ1n) is 33.5. The lowest BCUT2D eigenvalue weighted by Gasteiger charge is -2.64. The van der Waals surface area contributed by atoms with Crippen LogP contribution < -0.4 is 41.5 Å². The standard InChI is InChI=1S/C78H104Cl4N2OSi6/c1-17-63(83(88(75(5,6)7,65-45-29-21-30-46-65)66-47-31-22-32-48-66)89(76(8,9)10,67-49-33-23-34-50-67)68-51-35-24-36-52-68)61-86(79,80)73(19-3)85-74(20-4)87(81,82)62-64(18-2)84(90(77(11,12)13,69-53-37-25-38-54-69)70-55-39-26-40-56-70)91(78(14,15)16,71-57-41-27-42-58-71)72-59-43-28-44-60-72/h21-60,63-64,73-74H,17-20,61-62H2,1-16H3. The third kappa shape index (κ3) is 13.8. The summed E-state index contributed by atoms with van der Waals surface area (Å²) in [5.41, 5.74) is -0.965. The van der Waals surface area contributed by atoms with E-state index in [-0.39, 0.29) is 32.2 Å². The first-order chi connectivity index (χ1) is 43.0. The number of hydrogen-bond acceptors (Lipinski definition) is 3. The fourth-order valence-corrected chi connectivity index (χ4v) is 60.0. The summed E-state index contributed by atoms with van der Waals surface area (Å²) in [4.78, 5) is 0. The molecule has 8 aromatic rings. The Morgan fingerprint density at radius 3 is 0.549 bits per heavy atom. The molecule has 0 spiro atoms. The summed E-state index contributed by atoms with van der Waals surface area (Å²) >= 11 is 34.3. The maximum absolute atomic E-state index is 8.57. The van der Waals surface area contributed by atoms with Crippen molar-refractivity contribution in [2.75, 3.05) is 0 Å². The molecule has 0 bridgehead atoms. The quantitative estimate of drug-likeness (QED) is 0.0397. The van der Waals surface area contributed by atoms with Crippen LogP contribution in [0.5, 0.6) is 0 Å². The molecule has 0 amide bonds. The van der Waals surface area contributed by atoms with Crippen LogP contribution in [0, 0.1) is 0 Å². The van der Waals surface area contributed by atoms with Gasteiger partial charge < -0.3 is 13.2 Å². The number of nitrogens with zero attached hydrogens (tertiary/aromatic N) is 2. The van der Waals surface area contributed by atoms with Crippen molar-refractivity contribution in [2.24, 2.45) is 0 Å². The van der Waals surface area contributed by atoms with Gasteiger partial charge in [0, 0.05) is 0 Å². The van der Waals surface area contributed by atoms with Gasteiger partial charge in [-0.05, 0) is 112 Å². The Kier molecular flexibility index (Phi) is 23.7. The van der Waals surface area contributed by atoms with E-state index in [1.807, 2.05) is 0 Å². The molecule has 0 heterocycles. The molecule has 0 aliphatic rings. The number of halogens is 4. The summed E-state index contributed by atoms with van der Waals surface area (Å²) in [6.45, 7) is 32.1. The van der Waals surface area contributed by atoms with E-state index < -0.39 is 57.8 Å². The van der Waals surface area contributed by atoms with E-state index in [4.69, 9.17) is 49.1 Å². The fourth-order valence-electron chi connectivity index (χ4n) is 16.6. The highest BCUT2D eigenvalue weighted by molar-refractivity contribution is 7.47. The summed E-state index contributed by atoms with van der Waals surface area (Å²) in [6.07, 6.45) is 2.88.